The van der Waals surface area contributed by atoms with Crippen LogP contribution < -0.4 is 11.1 Å². The highest BCUT2D eigenvalue weighted by molar-refractivity contribution is 5.85. The maximum atomic E-state index is 11.5. The lowest BCUT2D eigenvalue weighted by atomic mass is 9.79. The molecule has 6 nitrogen and oxygen atoms in total. The first-order valence-electron chi connectivity index (χ1n) is 5.38. The highest BCUT2D eigenvalue weighted by Crippen LogP contribution is 2.47. The average Bonchev–Trinajstić information content (AvgIpc) is 3.06. The largest absolute Gasteiger partial charge is 0.481 e. The Balaban J connectivity index is 2.63. The molecule has 6 heteroatoms. The molecule has 0 spiro atoms. The van der Waals surface area contributed by atoms with Crippen LogP contribution in [0, 0.1) is 11.3 Å². The predicted molar refractivity (Wildman–Crippen MR) is 56.6 cm³/mol. The predicted octanol–water partition coefficient (Wildman–Crippen LogP) is -1.08. The first kappa shape index (κ1) is 12.9. The summed E-state index contributed by atoms with van der Waals surface area (Å²) in [6.45, 7) is -0.0405. The molecule has 1 unspecified atom stereocenters. The number of amides is 1. The number of aliphatic hydroxyl groups excluding tert-OH is 1. The van der Waals surface area contributed by atoms with Gasteiger partial charge in [0.2, 0.25) is 5.91 Å². The number of nitrogens with one attached hydrogen (secondary N) is 1. The standard InChI is InChI=1S/C10H18N2O4/c11-6-10(9(15)16,7-1-2-7)5-8(14)12-3-4-13/h7,13H,1-6,11H2,(H,12,14)(H,15,16). The molecule has 1 aliphatic rings. The van der Waals surface area contributed by atoms with Gasteiger partial charge in [0.25, 0.3) is 0 Å². The van der Waals surface area contributed by atoms with Gasteiger partial charge >= 0.3 is 5.97 Å². The van der Waals surface area contributed by atoms with Gasteiger partial charge in [0.05, 0.1) is 12.0 Å². The van der Waals surface area contributed by atoms with E-state index < -0.39 is 11.4 Å². The zero-order valence-corrected chi connectivity index (χ0v) is 9.11. The molecule has 0 aromatic carbocycles. The second-order valence-electron chi connectivity index (χ2n) is 4.19. The van der Waals surface area contributed by atoms with Gasteiger partial charge in [-0.2, -0.15) is 0 Å². The normalized spacial score (nSPS) is 18.9. The monoisotopic (exact) mass is 230 g/mol. The number of aliphatic carboxylic acids is 1. The van der Waals surface area contributed by atoms with E-state index in [9.17, 15) is 14.7 Å². The van der Waals surface area contributed by atoms with Gasteiger partial charge in [0, 0.05) is 19.5 Å². The van der Waals surface area contributed by atoms with Gasteiger partial charge in [-0.25, -0.2) is 0 Å². The second-order valence-corrected chi connectivity index (χ2v) is 4.19. The molecule has 0 bridgehead atoms. The fraction of sp³-hybridized carbons (Fsp3) is 0.800. The van der Waals surface area contributed by atoms with Crippen molar-refractivity contribution in [3.05, 3.63) is 0 Å². The van der Waals surface area contributed by atoms with E-state index in [0.717, 1.165) is 12.8 Å². The van der Waals surface area contributed by atoms with Crippen molar-refractivity contribution in [2.75, 3.05) is 19.7 Å². The van der Waals surface area contributed by atoms with E-state index in [-0.39, 0.29) is 37.9 Å². The van der Waals surface area contributed by atoms with Crippen molar-refractivity contribution < 1.29 is 19.8 Å². The summed E-state index contributed by atoms with van der Waals surface area (Å²) in [6.07, 6.45) is 1.52. The Morgan fingerprint density at radius 2 is 2.06 bits per heavy atom. The molecule has 0 saturated heterocycles. The van der Waals surface area contributed by atoms with E-state index in [4.69, 9.17) is 10.8 Å². The van der Waals surface area contributed by atoms with Crippen molar-refractivity contribution >= 4 is 11.9 Å². The molecule has 0 aromatic rings. The summed E-state index contributed by atoms with van der Waals surface area (Å²) in [7, 11) is 0. The van der Waals surface area contributed by atoms with Gasteiger partial charge in [0.1, 0.15) is 0 Å². The number of rotatable bonds is 7. The molecule has 16 heavy (non-hydrogen) atoms. The Morgan fingerprint density at radius 3 is 2.44 bits per heavy atom. The van der Waals surface area contributed by atoms with Crippen molar-refractivity contribution in [2.45, 2.75) is 19.3 Å². The number of aliphatic hydroxyl groups is 1. The third kappa shape index (κ3) is 2.70. The first-order valence-corrected chi connectivity index (χ1v) is 5.38. The highest BCUT2D eigenvalue weighted by Gasteiger charge is 2.51. The summed E-state index contributed by atoms with van der Waals surface area (Å²) in [5.41, 5.74) is 4.39. The van der Waals surface area contributed by atoms with Gasteiger partial charge in [-0.05, 0) is 18.8 Å². The van der Waals surface area contributed by atoms with Crippen LogP contribution in [-0.2, 0) is 9.59 Å². The number of nitrogens with two attached hydrogens (primary N) is 1. The lowest BCUT2D eigenvalue weighted by molar-refractivity contribution is -0.152. The quantitative estimate of drug-likeness (QED) is 0.444. The fourth-order valence-corrected chi connectivity index (χ4v) is 1.90. The Hall–Kier alpha value is -1.14. The van der Waals surface area contributed by atoms with E-state index in [1.807, 2.05) is 0 Å². The Kier molecular flexibility index (Phi) is 4.26. The van der Waals surface area contributed by atoms with Gasteiger partial charge in [-0.15, -0.1) is 0 Å². The van der Waals surface area contributed by atoms with E-state index in [1.165, 1.54) is 0 Å². The number of carbonyl (C=O) groups excluding carboxylic acids is 1. The Morgan fingerprint density at radius 1 is 1.44 bits per heavy atom. The summed E-state index contributed by atoms with van der Waals surface area (Å²) in [5, 5.41) is 20.2. The smallest absolute Gasteiger partial charge is 0.311 e. The molecular weight excluding hydrogens is 212 g/mol. The number of carboxylic acids is 1. The van der Waals surface area contributed by atoms with Crippen LogP contribution in [0.1, 0.15) is 19.3 Å². The molecule has 1 amide bonds. The zero-order chi connectivity index (χ0) is 12.2. The number of hydrogen-bond donors (Lipinski definition) is 4. The second kappa shape index (κ2) is 5.27. The Labute approximate surface area is 93.8 Å². The third-order valence-corrected chi connectivity index (χ3v) is 3.06. The zero-order valence-electron chi connectivity index (χ0n) is 9.11. The number of hydrogen-bond acceptors (Lipinski definition) is 4. The molecule has 1 saturated carbocycles. The summed E-state index contributed by atoms with van der Waals surface area (Å²) in [6, 6.07) is 0. The van der Waals surface area contributed by atoms with Gasteiger partial charge < -0.3 is 21.3 Å². The van der Waals surface area contributed by atoms with Crippen LogP contribution in [0.2, 0.25) is 0 Å². The van der Waals surface area contributed by atoms with Gasteiger partial charge in [0.15, 0.2) is 0 Å². The van der Waals surface area contributed by atoms with Crippen molar-refractivity contribution in [1.29, 1.82) is 0 Å². The van der Waals surface area contributed by atoms with Crippen LogP contribution in [0.3, 0.4) is 0 Å². The molecule has 1 rings (SSSR count). The van der Waals surface area contributed by atoms with E-state index in [0.29, 0.717) is 0 Å². The Bertz CT molecular complexity index is 278. The van der Waals surface area contributed by atoms with Crippen molar-refractivity contribution in [2.24, 2.45) is 17.1 Å². The van der Waals surface area contributed by atoms with E-state index in [1.54, 1.807) is 0 Å². The van der Waals surface area contributed by atoms with Crippen LogP contribution in [0.4, 0.5) is 0 Å². The SMILES string of the molecule is NCC(CC(=O)NCCO)(C(=O)O)C1CC1. The topological polar surface area (TPSA) is 113 Å². The minimum Gasteiger partial charge on any atom is -0.481 e. The summed E-state index contributed by atoms with van der Waals surface area (Å²) >= 11 is 0. The van der Waals surface area contributed by atoms with Gasteiger partial charge in [-0.1, -0.05) is 0 Å². The molecule has 92 valence electrons. The lowest BCUT2D eigenvalue weighted by Crippen LogP contribution is -2.45. The number of carbonyl (C=O) groups is 2. The summed E-state index contributed by atoms with van der Waals surface area (Å²) in [5.74, 6) is -1.36. The van der Waals surface area contributed by atoms with E-state index >= 15 is 0 Å². The van der Waals surface area contributed by atoms with Crippen molar-refractivity contribution in [3.63, 3.8) is 0 Å². The molecule has 1 atom stereocenters. The molecule has 0 aliphatic heterocycles. The molecule has 5 N–H and O–H groups in total. The third-order valence-electron chi connectivity index (χ3n) is 3.06. The minimum absolute atomic E-state index is 0.00914. The summed E-state index contributed by atoms with van der Waals surface area (Å²) in [4.78, 5) is 22.7. The molecule has 0 radical (unpaired) electrons. The van der Waals surface area contributed by atoms with Crippen molar-refractivity contribution in [1.82, 2.24) is 5.32 Å². The van der Waals surface area contributed by atoms with Crippen molar-refractivity contribution in [3.8, 4) is 0 Å². The summed E-state index contributed by atoms with van der Waals surface area (Å²) < 4.78 is 0. The van der Waals surface area contributed by atoms with Crippen LogP contribution in [0.15, 0.2) is 0 Å². The highest BCUT2D eigenvalue weighted by atomic mass is 16.4. The lowest BCUT2D eigenvalue weighted by Gasteiger charge is -2.27. The maximum absolute atomic E-state index is 11.5. The van der Waals surface area contributed by atoms with E-state index in [2.05, 4.69) is 5.32 Å². The van der Waals surface area contributed by atoms with Crippen LogP contribution in [0.5, 0.6) is 0 Å². The number of carboxylic acid groups (broad SMARTS) is 1. The molecular formula is C10H18N2O4. The van der Waals surface area contributed by atoms with Gasteiger partial charge in [-0.3, -0.25) is 9.59 Å². The average molecular weight is 230 g/mol. The molecule has 1 aliphatic carbocycles. The first-order chi connectivity index (χ1) is 7.56. The van der Waals surface area contributed by atoms with Crippen LogP contribution in [0.25, 0.3) is 0 Å². The van der Waals surface area contributed by atoms with Crippen LogP contribution >= 0.6 is 0 Å². The minimum atomic E-state index is -1.13. The molecule has 1 fully saturated rings. The molecule has 0 heterocycles. The maximum Gasteiger partial charge on any atom is 0.311 e. The fourth-order valence-electron chi connectivity index (χ4n) is 1.90. The molecule has 0 aromatic heterocycles. The van der Waals surface area contributed by atoms with Crippen LogP contribution in [-0.4, -0.2) is 41.8 Å².